The van der Waals surface area contributed by atoms with Crippen molar-refractivity contribution in [2.45, 2.75) is 20.8 Å². The molecule has 5 N–H and O–H groups in total. The topological polar surface area (TPSA) is 122 Å². The van der Waals surface area contributed by atoms with Gasteiger partial charge in [-0.2, -0.15) is 0 Å². The van der Waals surface area contributed by atoms with Crippen molar-refractivity contribution in [1.29, 1.82) is 0 Å². The summed E-state index contributed by atoms with van der Waals surface area (Å²) in [6.07, 6.45) is 1.65. The molecule has 9 heteroatoms. The third-order valence-electron chi connectivity index (χ3n) is 4.47. The average molecular weight is 399 g/mol. The third kappa shape index (κ3) is 3.71. The molecule has 1 aliphatic heterocycles. The minimum absolute atomic E-state index is 0.0572. The molecule has 1 amide bonds. The molecular weight excluding hydrogens is 377 g/mol. The van der Waals surface area contributed by atoms with Gasteiger partial charge in [0.2, 0.25) is 5.88 Å². The number of carboxylic acid groups (broad SMARTS) is 1. The van der Waals surface area contributed by atoms with Crippen LogP contribution in [0.3, 0.4) is 0 Å². The highest BCUT2D eigenvalue weighted by Gasteiger charge is 2.21. The fraction of sp³-hybridized carbons (Fsp3) is 0.250. The number of anilines is 3. The Bertz CT molecular complexity index is 1090. The van der Waals surface area contributed by atoms with Crippen LogP contribution in [0.15, 0.2) is 24.5 Å². The molecule has 0 unspecified atom stereocenters. The van der Waals surface area contributed by atoms with Crippen molar-refractivity contribution in [3.63, 3.8) is 0 Å². The smallest absolute Gasteiger partial charge is 0.410 e. The van der Waals surface area contributed by atoms with E-state index in [2.05, 4.69) is 20.6 Å². The Morgan fingerprint density at radius 1 is 1.28 bits per heavy atom. The van der Waals surface area contributed by atoms with Gasteiger partial charge in [-0.25, -0.2) is 19.2 Å². The summed E-state index contributed by atoms with van der Waals surface area (Å²) in [6.45, 7) is 7.00. The second-order valence-corrected chi connectivity index (χ2v) is 6.12. The van der Waals surface area contributed by atoms with Crippen LogP contribution in [0.2, 0.25) is 0 Å². The first kappa shape index (κ1) is 20.1. The Morgan fingerprint density at radius 2 is 2.03 bits per heavy atom. The summed E-state index contributed by atoms with van der Waals surface area (Å²) in [6, 6.07) is 3.11. The SMILES string of the molecule is CC.Cc1c(-c2cc3cc(NC(=O)O)ncc3c(N)c2F)cnc2c1NCCO2. The van der Waals surface area contributed by atoms with Crippen LogP contribution in [-0.2, 0) is 0 Å². The highest BCUT2D eigenvalue weighted by atomic mass is 19.1. The molecule has 0 radical (unpaired) electrons. The monoisotopic (exact) mass is 399 g/mol. The second kappa shape index (κ2) is 8.17. The Hall–Kier alpha value is -3.62. The fourth-order valence-corrected chi connectivity index (χ4v) is 3.16. The zero-order valence-electron chi connectivity index (χ0n) is 16.3. The highest BCUT2D eigenvalue weighted by Crippen LogP contribution is 2.39. The van der Waals surface area contributed by atoms with Crippen molar-refractivity contribution < 1.29 is 19.0 Å². The van der Waals surface area contributed by atoms with Gasteiger partial charge in [-0.05, 0) is 30.0 Å². The zero-order chi connectivity index (χ0) is 21.1. The zero-order valence-corrected chi connectivity index (χ0v) is 16.3. The largest absolute Gasteiger partial charge is 0.474 e. The summed E-state index contributed by atoms with van der Waals surface area (Å²) in [4.78, 5) is 19.1. The molecule has 0 spiro atoms. The first-order chi connectivity index (χ1) is 14.0. The van der Waals surface area contributed by atoms with Gasteiger partial charge in [0, 0.05) is 35.5 Å². The van der Waals surface area contributed by atoms with Crippen molar-refractivity contribution >= 4 is 34.1 Å². The Labute approximate surface area is 166 Å². The summed E-state index contributed by atoms with van der Waals surface area (Å²) >= 11 is 0. The lowest BCUT2D eigenvalue weighted by Crippen LogP contribution is -2.20. The minimum atomic E-state index is -1.24. The molecule has 1 aliphatic rings. The number of ether oxygens (including phenoxy) is 1. The fourth-order valence-electron chi connectivity index (χ4n) is 3.16. The first-order valence-electron chi connectivity index (χ1n) is 9.20. The number of hydrogen-bond acceptors (Lipinski definition) is 6. The number of rotatable bonds is 2. The van der Waals surface area contributed by atoms with E-state index in [1.54, 1.807) is 12.3 Å². The predicted molar refractivity (Wildman–Crippen MR) is 111 cm³/mol. The molecule has 0 aliphatic carbocycles. The van der Waals surface area contributed by atoms with E-state index in [0.717, 1.165) is 11.3 Å². The molecule has 3 aromatic rings. The van der Waals surface area contributed by atoms with Gasteiger partial charge in [-0.3, -0.25) is 5.32 Å². The molecule has 0 saturated carbocycles. The molecule has 4 rings (SSSR count). The number of hydrogen-bond donors (Lipinski definition) is 4. The van der Waals surface area contributed by atoms with Crippen molar-refractivity contribution in [2.24, 2.45) is 0 Å². The third-order valence-corrected chi connectivity index (χ3v) is 4.47. The Morgan fingerprint density at radius 3 is 2.76 bits per heavy atom. The van der Waals surface area contributed by atoms with Crippen LogP contribution < -0.4 is 21.1 Å². The van der Waals surface area contributed by atoms with E-state index in [1.165, 1.54) is 12.3 Å². The second-order valence-electron chi connectivity index (χ2n) is 6.12. The van der Waals surface area contributed by atoms with Crippen molar-refractivity contribution in [1.82, 2.24) is 9.97 Å². The van der Waals surface area contributed by atoms with Crippen molar-refractivity contribution in [2.75, 3.05) is 29.5 Å². The van der Waals surface area contributed by atoms with Crippen molar-refractivity contribution in [3.8, 4) is 17.0 Å². The van der Waals surface area contributed by atoms with Gasteiger partial charge in [-0.15, -0.1) is 0 Å². The number of nitrogens with two attached hydrogens (primary N) is 1. The summed E-state index contributed by atoms with van der Waals surface area (Å²) in [5.41, 5.74) is 8.28. The summed E-state index contributed by atoms with van der Waals surface area (Å²) < 4.78 is 20.5. The summed E-state index contributed by atoms with van der Waals surface area (Å²) in [5.74, 6) is 0.0287. The first-order valence-corrected chi connectivity index (χ1v) is 9.20. The van der Waals surface area contributed by atoms with E-state index < -0.39 is 11.9 Å². The molecular formula is C20H22FN5O3. The van der Waals surface area contributed by atoms with Gasteiger partial charge in [-0.1, -0.05) is 13.8 Å². The number of benzene rings is 1. The molecule has 0 saturated heterocycles. The maximum Gasteiger partial charge on any atom is 0.410 e. The van der Waals surface area contributed by atoms with Gasteiger partial charge in [0.05, 0.1) is 5.69 Å². The summed E-state index contributed by atoms with van der Waals surface area (Å²) in [7, 11) is 0. The quantitative estimate of drug-likeness (QED) is 0.475. The molecule has 2 aromatic heterocycles. The lowest BCUT2D eigenvalue weighted by Gasteiger charge is -2.22. The van der Waals surface area contributed by atoms with E-state index in [-0.39, 0.29) is 17.1 Å². The number of amides is 1. The lowest BCUT2D eigenvalue weighted by molar-refractivity contribution is 0.209. The van der Waals surface area contributed by atoms with Crippen LogP contribution >= 0.6 is 0 Å². The maximum atomic E-state index is 15.0. The normalized spacial score (nSPS) is 12.1. The van der Waals surface area contributed by atoms with E-state index in [4.69, 9.17) is 15.6 Å². The number of pyridine rings is 2. The van der Waals surface area contributed by atoms with Crippen LogP contribution in [0.4, 0.5) is 26.4 Å². The highest BCUT2D eigenvalue weighted by molar-refractivity contribution is 5.99. The average Bonchev–Trinajstić information content (AvgIpc) is 2.72. The molecule has 0 atom stereocenters. The Balaban J connectivity index is 0.00000117. The van der Waals surface area contributed by atoms with E-state index in [1.807, 2.05) is 20.8 Å². The number of nitrogens with one attached hydrogen (secondary N) is 2. The number of nitrogens with zero attached hydrogens (tertiary/aromatic N) is 2. The van der Waals surface area contributed by atoms with Crippen LogP contribution in [0.5, 0.6) is 5.88 Å². The molecule has 3 heterocycles. The van der Waals surface area contributed by atoms with Crippen LogP contribution in [0.1, 0.15) is 19.4 Å². The minimum Gasteiger partial charge on any atom is -0.474 e. The van der Waals surface area contributed by atoms with Crippen LogP contribution in [0, 0.1) is 12.7 Å². The van der Waals surface area contributed by atoms with E-state index >= 15 is 0 Å². The molecule has 0 fully saturated rings. The number of nitrogen functional groups attached to an aromatic ring is 1. The maximum absolute atomic E-state index is 15.0. The number of fused-ring (bicyclic) bond motifs is 2. The Kier molecular flexibility index (Phi) is 5.67. The van der Waals surface area contributed by atoms with Gasteiger partial charge >= 0.3 is 6.09 Å². The van der Waals surface area contributed by atoms with Crippen molar-refractivity contribution in [3.05, 3.63) is 35.9 Å². The van der Waals surface area contributed by atoms with Crippen LogP contribution in [-0.4, -0.2) is 34.3 Å². The molecule has 8 nitrogen and oxygen atoms in total. The number of aromatic nitrogens is 2. The van der Waals surface area contributed by atoms with Gasteiger partial charge in [0.25, 0.3) is 0 Å². The molecule has 1 aromatic carbocycles. The molecule has 0 bridgehead atoms. The molecule has 152 valence electrons. The van der Waals surface area contributed by atoms with Gasteiger partial charge in [0.1, 0.15) is 18.1 Å². The number of carbonyl (C=O) groups is 1. The van der Waals surface area contributed by atoms with Gasteiger partial charge in [0.15, 0.2) is 5.82 Å². The van der Waals surface area contributed by atoms with Gasteiger partial charge < -0.3 is 20.9 Å². The predicted octanol–water partition coefficient (Wildman–Crippen LogP) is 4.25. The van der Waals surface area contributed by atoms with E-state index in [0.29, 0.717) is 35.4 Å². The standard InChI is InChI=1S/C18H16FN5O3.C2H6/c1-8-11(6-23-17-16(8)21-2-3-27-17)10-4-9-5-13(24-18(25)26)22-7-12(9)15(20)14(10)19;1-2/h4-7,21H,2-3,20H2,1H3,(H,22,24)(H,25,26);1-2H3. The lowest BCUT2D eigenvalue weighted by atomic mass is 9.97. The molecule has 29 heavy (non-hydrogen) atoms. The number of halogens is 1. The van der Waals surface area contributed by atoms with Crippen LogP contribution in [0.25, 0.3) is 21.9 Å². The summed E-state index contributed by atoms with van der Waals surface area (Å²) in [5, 5.41) is 15.2. The van der Waals surface area contributed by atoms with E-state index in [9.17, 15) is 9.18 Å².